The summed E-state index contributed by atoms with van der Waals surface area (Å²) in [5, 5.41) is 24.9. The Morgan fingerprint density at radius 2 is 1.54 bits per heavy atom. The van der Waals surface area contributed by atoms with E-state index in [0.717, 1.165) is 49.2 Å². The highest BCUT2D eigenvalue weighted by molar-refractivity contribution is 5.94. The minimum Gasteiger partial charge on any atom is -0.506 e. The number of aromatic amines is 1. The number of nitrogens with one attached hydrogen (secondary N) is 2. The van der Waals surface area contributed by atoms with Crippen molar-refractivity contribution in [2.75, 3.05) is 52.4 Å². The van der Waals surface area contributed by atoms with E-state index >= 15 is 0 Å². The van der Waals surface area contributed by atoms with Gasteiger partial charge in [0.25, 0.3) is 5.91 Å². The zero-order chi connectivity index (χ0) is 46.5. The van der Waals surface area contributed by atoms with Gasteiger partial charge >= 0.3 is 11.9 Å². The summed E-state index contributed by atoms with van der Waals surface area (Å²) in [5.74, 6) is 0.0737. The Morgan fingerprint density at radius 3 is 2.28 bits per heavy atom. The lowest BCUT2D eigenvalue weighted by molar-refractivity contribution is -0.159. The molecule has 1 aromatic heterocycles. The molecule has 0 saturated carbocycles. The van der Waals surface area contributed by atoms with E-state index < -0.39 is 12.1 Å². The van der Waals surface area contributed by atoms with Gasteiger partial charge in [0.05, 0.1) is 30.2 Å². The maximum atomic E-state index is 13.5. The molecule has 13 heteroatoms. The fraction of sp³-hybridized carbons (Fsp3) is 0.333. The van der Waals surface area contributed by atoms with E-state index in [1.807, 2.05) is 84.9 Å². The highest BCUT2D eigenvalue weighted by Crippen LogP contribution is 2.34. The summed E-state index contributed by atoms with van der Waals surface area (Å²) in [7, 11) is 0. The smallest absolute Gasteiger partial charge is 0.338 e. The molecule has 3 atom stereocenters. The number of aliphatic hydroxyl groups excluding tert-OH is 1. The van der Waals surface area contributed by atoms with Gasteiger partial charge in [-0.05, 0) is 122 Å². The number of carbonyl (C=O) groups excluding carboxylic acids is 3. The van der Waals surface area contributed by atoms with Crippen LogP contribution in [-0.2, 0) is 20.9 Å². The second-order valence-electron chi connectivity index (χ2n) is 17.4. The number of nitrogens with zero attached hydrogens (tertiary/aromatic N) is 2. The minimum absolute atomic E-state index is 0.0404. The zero-order valence-corrected chi connectivity index (χ0v) is 37.6. The number of esters is 2. The van der Waals surface area contributed by atoms with Crippen LogP contribution in [-0.4, -0.2) is 101 Å². The van der Waals surface area contributed by atoms with E-state index in [-0.39, 0.29) is 66.9 Å². The molecule has 3 fully saturated rings. The van der Waals surface area contributed by atoms with Crippen LogP contribution in [0.25, 0.3) is 10.9 Å². The number of aromatic hydroxyl groups is 1. The number of benzene rings is 5. The van der Waals surface area contributed by atoms with E-state index in [4.69, 9.17) is 14.2 Å². The second-order valence-corrected chi connectivity index (χ2v) is 17.4. The molecule has 2 bridgehead atoms. The van der Waals surface area contributed by atoms with E-state index in [2.05, 4.69) is 15.2 Å². The fourth-order valence-electron chi connectivity index (χ4n) is 9.14. The van der Waals surface area contributed by atoms with Crippen molar-refractivity contribution in [2.45, 2.75) is 56.8 Å². The summed E-state index contributed by atoms with van der Waals surface area (Å²) >= 11 is 0. The van der Waals surface area contributed by atoms with Gasteiger partial charge in [0, 0.05) is 49.1 Å². The summed E-state index contributed by atoms with van der Waals surface area (Å²) in [6.07, 6.45) is 2.49. The number of rotatable bonds is 21. The minimum atomic E-state index is -0.901. The predicted octanol–water partition coefficient (Wildman–Crippen LogP) is 7.37. The van der Waals surface area contributed by atoms with Crippen LogP contribution in [0.3, 0.4) is 0 Å². The van der Waals surface area contributed by atoms with E-state index in [1.54, 1.807) is 41.3 Å². The molecule has 0 spiro atoms. The van der Waals surface area contributed by atoms with E-state index in [1.165, 1.54) is 12.1 Å². The summed E-state index contributed by atoms with van der Waals surface area (Å²) in [6.45, 7) is 4.93. The van der Waals surface area contributed by atoms with Crippen LogP contribution in [0.15, 0.2) is 138 Å². The van der Waals surface area contributed by atoms with Crippen LogP contribution in [0, 0.1) is 5.92 Å². The van der Waals surface area contributed by atoms with Crippen molar-refractivity contribution in [3.05, 3.63) is 177 Å². The molecule has 5 aromatic carbocycles. The largest absolute Gasteiger partial charge is 0.506 e. The summed E-state index contributed by atoms with van der Waals surface area (Å²) in [4.78, 5) is 58.5. The van der Waals surface area contributed by atoms with Crippen molar-refractivity contribution in [2.24, 2.45) is 5.92 Å². The van der Waals surface area contributed by atoms with Crippen LogP contribution < -0.4 is 15.6 Å². The zero-order valence-electron chi connectivity index (χ0n) is 37.6. The summed E-state index contributed by atoms with van der Waals surface area (Å²) < 4.78 is 17.9. The number of carbonyl (C=O) groups is 3. The lowest BCUT2D eigenvalue weighted by atomic mass is 9.85. The molecule has 3 saturated heterocycles. The SMILES string of the molecule is O=C(C[C@@H](c1ccccc1)c1cccc(OCc2ccc(C(=O)OCCCN(CCCNC[C@H](O)c3ccc(O)c4[nH]c(=O)ccc34)C(=O)c3ccccc3)cc2)c1)O[C@H]1CN2CCC1CC2. The Bertz CT molecular complexity index is 2650. The van der Waals surface area contributed by atoms with Crippen molar-refractivity contribution in [3.8, 4) is 11.5 Å². The molecule has 6 aromatic rings. The quantitative estimate of drug-likeness (QED) is 0.0420. The van der Waals surface area contributed by atoms with Crippen LogP contribution >= 0.6 is 0 Å². The normalized spacial score (nSPS) is 17.4. The Morgan fingerprint density at radius 1 is 0.806 bits per heavy atom. The molecule has 9 rings (SSSR count). The van der Waals surface area contributed by atoms with Gasteiger partial charge < -0.3 is 39.6 Å². The number of H-pyrrole nitrogens is 1. The van der Waals surface area contributed by atoms with Crippen LogP contribution in [0.1, 0.15) is 87.1 Å². The summed E-state index contributed by atoms with van der Waals surface area (Å²) in [5.41, 5.74) is 4.32. The molecule has 3 aliphatic rings. The molecular formula is C54H58N4O9. The number of phenolic OH excluding ortho intramolecular Hbond substituents is 1. The number of ether oxygens (including phenoxy) is 3. The number of phenols is 1. The molecule has 4 heterocycles. The Balaban J connectivity index is 0.796. The van der Waals surface area contributed by atoms with Crippen LogP contribution in [0.4, 0.5) is 0 Å². The number of aromatic nitrogens is 1. The molecule has 348 valence electrons. The van der Waals surface area contributed by atoms with Gasteiger partial charge in [-0.2, -0.15) is 0 Å². The molecule has 4 N–H and O–H groups in total. The lowest BCUT2D eigenvalue weighted by Crippen LogP contribution is -2.52. The number of aliphatic hydroxyl groups is 1. The first kappa shape index (κ1) is 46.7. The van der Waals surface area contributed by atoms with E-state index in [0.29, 0.717) is 66.2 Å². The van der Waals surface area contributed by atoms with Gasteiger partial charge in [-0.15, -0.1) is 0 Å². The molecule has 0 unspecified atom stereocenters. The Hall–Kier alpha value is -6.80. The molecule has 0 radical (unpaired) electrons. The van der Waals surface area contributed by atoms with Gasteiger partial charge in [0.15, 0.2) is 0 Å². The Labute approximate surface area is 390 Å². The molecule has 67 heavy (non-hydrogen) atoms. The number of amides is 1. The fourth-order valence-corrected chi connectivity index (χ4v) is 9.14. The van der Waals surface area contributed by atoms with Gasteiger partial charge in [0.2, 0.25) is 5.56 Å². The van der Waals surface area contributed by atoms with Gasteiger partial charge in [0.1, 0.15) is 24.2 Å². The van der Waals surface area contributed by atoms with Gasteiger partial charge in [-0.25, -0.2) is 4.79 Å². The first-order valence-electron chi connectivity index (χ1n) is 23.2. The first-order valence-corrected chi connectivity index (χ1v) is 23.2. The van der Waals surface area contributed by atoms with Crippen molar-refractivity contribution >= 4 is 28.7 Å². The molecule has 3 aliphatic heterocycles. The highest BCUT2D eigenvalue weighted by Gasteiger charge is 2.37. The van der Waals surface area contributed by atoms with Crippen molar-refractivity contribution in [1.82, 2.24) is 20.1 Å². The average Bonchev–Trinajstić information content (AvgIpc) is 3.36. The lowest BCUT2D eigenvalue weighted by Gasteiger charge is -2.44. The third kappa shape index (κ3) is 12.4. The van der Waals surface area contributed by atoms with Crippen LogP contribution in [0.5, 0.6) is 11.5 Å². The van der Waals surface area contributed by atoms with Crippen LogP contribution in [0.2, 0.25) is 0 Å². The number of hydrogen-bond acceptors (Lipinski definition) is 11. The Kier molecular flexibility index (Phi) is 15.8. The monoisotopic (exact) mass is 906 g/mol. The van der Waals surface area contributed by atoms with Crippen molar-refractivity contribution in [3.63, 3.8) is 0 Å². The molecule has 1 amide bonds. The van der Waals surface area contributed by atoms with E-state index in [9.17, 15) is 29.4 Å². The van der Waals surface area contributed by atoms with Gasteiger partial charge in [-0.3, -0.25) is 19.3 Å². The number of fused-ring (bicyclic) bond motifs is 4. The summed E-state index contributed by atoms with van der Waals surface area (Å²) in [6, 6.07) is 40.0. The highest BCUT2D eigenvalue weighted by atomic mass is 16.5. The van der Waals surface area contributed by atoms with Gasteiger partial charge in [-0.1, -0.05) is 78.9 Å². The molecule has 13 nitrogen and oxygen atoms in total. The topological polar surface area (TPSA) is 171 Å². The second kappa shape index (κ2) is 22.6. The molecule has 0 aliphatic carbocycles. The number of hydrogen-bond donors (Lipinski definition) is 4. The standard InChI is InChI=1S/C54H58N4O9/c59-47-22-20-44(45-21-23-50(61)56-52(45)47)48(60)34-55-26-8-27-58(53(63)40-12-5-2-6-13-40)28-9-31-65-54(64)41-18-16-37(17-19-41)36-66-43-15-7-14-42(32-43)46(38-10-3-1-4-11-38)33-51(62)67-49-35-57-29-24-39(49)25-30-57/h1-7,10-23,32,39,46,48-49,55,59-60H,8-9,24-31,33-36H2,(H,56,61)/t46-,48-,49-/m0/s1. The maximum absolute atomic E-state index is 13.5. The number of piperidine rings is 3. The third-order valence-electron chi connectivity index (χ3n) is 12.8. The van der Waals surface area contributed by atoms with Crippen molar-refractivity contribution in [1.29, 1.82) is 0 Å². The molecular weight excluding hydrogens is 849 g/mol. The number of pyridine rings is 1. The third-order valence-corrected chi connectivity index (χ3v) is 12.8. The van der Waals surface area contributed by atoms with Crippen molar-refractivity contribution < 1.29 is 38.8 Å². The predicted molar refractivity (Wildman–Crippen MR) is 255 cm³/mol. The maximum Gasteiger partial charge on any atom is 0.338 e. The first-order chi connectivity index (χ1) is 32.7. The average molecular weight is 907 g/mol.